The first-order valence-electron chi connectivity index (χ1n) is 7.49. The van der Waals surface area contributed by atoms with E-state index in [0.717, 1.165) is 0 Å². The molecule has 1 heterocycles. The molecular formula is C18H22S2Si. The number of rotatable bonds is 3. The topological polar surface area (TPSA) is 0 Å². The molecule has 0 fully saturated rings. The average Bonchev–Trinajstić information content (AvgIpc) is 2.76. The predicted octanol–water partition coefficient (Wildman–Crippen LogP) is 6.10. The highest BCUT2D eigenvalue weighted by Gasteiger charge is 2.21. The van der Waals surface area contributed by atoms with Crippen molar-refractivity contribution < 1.29 is 0 Å². The lowest BCUT2D eigenvalue weighted by atomic mass is 10.1. The van der Waals surface area contributed by atoms with Gasteiger partial charge in [0.2, 0.25) is 0 Å². The van der Waals surface area contributed by atoms with Crippen molar-refractivity contribution in [2.75, 3.05) is 0 Å². The lowest BCUT2D eigenvalue weighted by molar-refractivity contribution is 1.11. The first-order valence-corrected chi connectivity index (χ1v) is 12.7. The van der Waals surface area contributed by atoms with Gasteiger partial charge in [0.25, 0.3) is 0 Å². The van der Waals surface area contributed by atoms with E-state index in [2.05, 4.69) is 69.9 Å². The molecule has 0 amide bonds. The summed E-state index contributed by atoms with van der Waals surface area (Å²) in [4.78, 5) is 1.44. The van der Waals surface area contributed by atoms with Crippen molar-refractivity contribution in [1.29, 1.82) is 0 Å². The van der Waals surface area contributed by atoms with Crippen molar-refractivity contribution >= 4 is 56.5 Å². The zero-order valence-electron chi connectivity index (χ0n) is 13.4. The molecule has 0 spiro atoms. The Balaban J connectivity index is 2.34. The zero-order chi connectivity index (χ0) is 15.2. The third kappa shape index (κ3) is 2.79. The van der Waals surface area contributed by atoms with Crippen LogP contribution in [-0.2, 0) is 0 Å². The molecule has 0 saturated heterocycles. The van der Waals surface area contributed by atoms with Crippen LogP contribution in [0.5, 0.6) is 0 Å². The van der Waals surface area contributed by atoms with Crippen molar-refractivity contribution in [3.05, 3.63) is 36.4 Å². The summed E-state index contributed by atoms with van der Waals surface area (Å²) in [7, 11) is -1.31. The Kier molecular flexibility index (Phi) is 3.93. The SMILES string of the molecule is CC(C)Sc1cccc2c1sc1c([Si](C)(C)C)cccc12. The van der Waals surface area contributed by atoms with Crippen LogP contribution < -0.4 is 5.19 Å². The van der Waals surface area contributed by atoms with Crippen LogP contribution in [0.1, 0.15) is 13.8 Å². The van der Waals surface area contributed by atoms with Crippen LogP contribution in [0, 0.1) is 0 Å². The fourth-order valence-electron chi connectivity index (χ4n) is 2.73. The van der Waals surface area contributed by atoms with E-state index in [1.165, 1.54) is 25.1 Å². The third-order valence-electron chi connectivity index (χ3n) is 3.66. The highest BCUT2D eigenvalue weighted by molar-refractivity contribution is 8.00. The molecule has 3 aromatic rings. The molecule has 0 nitrogen and oxygen atoms in total. The van der Waals surface area contributed by atoms with Crippen LogP contribution in [-0.4, -0.2) is 13.3 Å². The van der Waals surface area contributed by atoms with Crippen molar-refractivity contribution in [2.24, 2.45) is 0 Å². The van der Waals surface area contributed by atoms with Gasteiger partial charge in [-0.1, -0.05) is 63.8 Å². The van der Waals surface area contributed by atoms with E-state index in [-0.39, 0.29) is 0 Å². The van der Waals surface area contributed by atoms with Gasteiger partial charge < -0.3 is 0 Å². The van der Waals surface area contributed by atoms with Gasteiger partial charge in [-0.25, -0.2) is 0 Å². The van der Waals surface area contributed by atoms with Crippen molar-refractivity contribution in [3.63, 3.8) is 0 Å². The fraction of sp³-hybridized carbons (Fsp3) is 0.333. The van der Waals surface area contributed by atoms with Gasteiger partial charge in [0, 0.05) is 30.3 Å². The van der Waals surface area contributed by atoms with E-state index >= 15 is 0 Å². The molecular weight excluding hydrogens is 308 g/mol. The maximum absolute atomic E-state index is 2.44. The molecule has 0 aliphatic rings. The minimum absolute atomic E-state index is 0.622. The minimum atomic E-state index is -1.31. The number of benzene rings is 2. The van der Waals surface area contributed by atoms with Gasteiger partial charge in [0.1, 0.15) is 0 Å². The molecule has 21 heavy (non-hydrogen) atoms. The first kappa shape index (κ1) is 15.1. The van der Waals surface area contributed by atoms with Gasteiger partial charge in [-0.15, -0.1) is 23.1 Å². The molecule has 0 radical (unpaired) electrons. The molecule has 0 aliphatic carbocycles. The predicted molar refractivity (Wildman–Crippen MR) is 103 cm³/mol. The second-order valence-electron chi connectivity index (χ2n) is 6.83. The van der Waals surface area contributed by atoms with Crippen LogP contribution >= 0.6 is 23.1 Å². The first-order chi connectivity index (χ1) is 9.88. The van der Waals surface area contributed by atoms with Gasteiger partial charge in [-0.3, -0.25) is 0 Å². The van der Waals surface area contributed by atoms with Crippen LogP contribution in [0.4, 0.5) is 0 Å². The van der Waals surface area contributed by atoms with E-state index in [9.17, 15) is 0 Å². The number of hydrogen-bond acceptors (Lipinski definition) is 2. The normalized spacial score (nSPS) is 12.7. The summed E-state index contributed by atoms with van der Waals surface area (Å²) in [6.45, 7) is 11.9. The quantitative estimate of drug-likeness (QED) is 0.413. The molecule has 0 bridgehead atoms. The fourth-order valence-corrected chi connectivity index (χ4v) is 7.49. The highest BCUT2D eigenvalue weighted by atomic mass is 32.2. The van der Waals surface area contributed by atoms with E-state index < -0.39 is 8.07 Å². The Morgan fingerprint density at radius 3 is 2.14 bits per heavy atom. The highest BCUT2D eigenvalue weighted by Crippen LogP contribution is 2.40. The smallest absolute Gasteiger partial charge is 0.0794 e. The molecule has 110 valence electrons. The van der Waals surface area contributed by atoms with Crippen LogP contribution in [0.15, 0.2) is 41.3 Å². The van der Waals surface area contributed by atoms with Gasteiger partial charge in [-0.05, 0) is 11.3 Å². The van der Waals surface area contributed by atoms with Gasteiger partial charge >= 0.3 is 0 Å². The molecule has 0 N–H and O–H groups in total. The summed E-state index contributed by atoms with van der Waals surface area (Å²) < 4.78 is 2.99. The van der Waals surface area contributed by atoms with Gasteiger partial charge in [0.05, 0.1) is 8.07 Å². The van der Waals surface area contributed by atoms with Crippen molar-refractivity contribution in [1.82, 2.24) is 0 Å². The molecule has 0 unspecified atom stereocenters. The molecule has 3 rings (SSSR count). The van der Waals surface area contributed by atoms with Crippen LogP contribution in [0.25, 0.3) is 20.2 Å². The molecule has 0 aliphatic heterocycles. The Bertz CT molecular complexity index is 794. The molecule has 2 aromatic carbocycles. The summed E-state index contributed by atoms with van der Waals surface area (Å²) in [5, 5.41) is 5.10. The Labute approximate surface area is 136 Å². The number of thiophene rings is 1. The molecule has 0 saturated carbocycles. The summed E-state index contributed by atoms with van der Waals surface area (Å²) >= 11 is 3.98. The van der Waals surface area contributed by atoms with E-state index in [0.29, 0.717) is 5.25 Å². The second-order valence-corrected chi connectivity index (χ2v) is 14.5. The van der Waals surface area contributed by atoms with E-state index in [4.69, 9.17) is 0 Å². The standard InChI is InChI=1S/C18H22S2Si/c1-12(2)19-15-10-6-8-13-14-9-7-11-16(21(3,4)5)18(14)20-17(13)15/h6-12H,1-5H3. The number of hydrogen-bond donors (Lipinski definition) is 0. The maximum Gasteiger partial charge on any atom is 0.0794 e. The Hall–Kier alpha value is -0.773. The summed E-state index contributed by atoms with van der Waals surface area (Å²) in [6.07, 6.45) is 0. The lowest BCUT2D eigenvalue weighted by Gasteiger charge is -2.17. The van der Waals surface area contributed by atoms with Crippen LogP contribution in [0.3, 0.4) is 0 Å². The van der Waals surface area contributed by atoms with Crippen LogP contribution in [0.2, 0.25) is 19.6 Å². The van der Waals surface area contributed by atoms with E-state index in [1.54, 1.807) is 5.19 Å². The average molecular weight is 331 g/mol. The number of thioether (sulfide) groups is 1. The monoisotopic (exact) mass is 330 g/mol. The maximum atomic E-state index is 2.44. The summed E-state index contributed by atoms with van der Waals surface area (Å²) in [6, 6.07) is 13.6. The van der Waals surface area contributed by atoms with Gasteiger partial charge in [-0.2, -0.15) is 0 Å². The third-order valence-corrected chi connectivity index (χ3v) is 8.36. The Morgan fingerprint density at radius 1 is 0.905 bits per heavy atom. The number of fused-ring (bicyclic) bond motifs is 3. The van der Waals surface area contributed by atoms with E-state index in [1.807, 2.05) is 23.1 Å². The van der Waals surface area contributed by atoms with Crippen molar-refractivity contribution in [3.8, 4) is 0 Å². The molecule has 1 aromatic heterocycles. The minimum Gasteiger partial charge on any atom is -0.134 e. The molecule has 3 heteroatoms. The lowest BCUT2D eigenvalue weighted by Crippen LogP contribution is -2.37. The van der Waals surface area contributed by atoms with Gasteiger partial charge in [0.15, 0.2) is 0 Å². The van der Waals surface area contributed by atoms with Crippen molar-refractivity contribution in [2.45, 2.75) is 43.6 Å². The molecule has 0 atom stereocenters. The Morgan fingerprint density at radius 2 is 1.52 bits per heavy atom. The summed E-state index contributed by atoms with van der Waals surface area (Å²) in [5.41, 5.74) is 0. The largest absolute Gasteiger partial charge is 0.134 e. The zero-order valence-corrected chi connectivity index (χ0v) is 16.0. The second kappa shape index (κ2) is 5.45. The summed E-state index contributed by atoms with van der Waals surface area (Å²) in [5.74, 6) is 0.